The number of carbonyl (C=O) groups excluding carboxylic acids is 1. The van der Waals surface area contributed by atoms with Gasteiger partial charge in [0.1, 0.15) is 0 Å². The molecule has 1 aliphatic heterocycles. The van der Waals surface area contributed by atoms with Crippen LogP contribution < -0.4 is 0 Å². The van der Waals surface area contributed by atoms with Crippen LogP contribution in [-0.2, 0) is 5.75 Å². The molecule has 0 saturated heterocycles. The molecule has 0 bridgehead atoms. The quantitative estimate of drug-likeness (QED) is 0.717. The van der Waals surface area contributed by atoms with Crippen molar-refractivity contribution in [3.05, 3.63) is 33.3 Å². The highest BCUT2D eigenvalue weighted by atomic mass is 79.9. The molecule has 0 spiro atoms. The van der Waals surface area contributed by atoms with E-state index in [2.05, 4.69) is 35.8 Å². The summed E-state index contributed by atoms with van der Waals surface area (Å²) < 4.78 is 0.947. The number of benzene rings is 1. The van der Waals surface area contributed by atoms with Crippen molar-refractivity contribution in [2.75, 3.05) is 0 Å². The van der Waals surface area contributed by atoms with Crippen molar-refractivity contribution in [2.45, 2.75) is 31.3 Å². The average molecular weight is 285 g/mol. The summed E-state index contributed by atoms with van der Waals surface area (Å²) in [7, 11) is 0. The largest absolute Gasteiger partial charge is 0.294 e. The fourth-order valence-electron chi connectivity index (χ4n) is 1.86. The summed E-state index contributed by atoms with van der Waals surface area (Å²) in [6, 6.07) is 4.06. The lowest BCUT2D eigenvalue weighted by Gasteiger charge is -2.09. The molecule has 0 N–H and O–H groups in total. The summed E-state index contributed by atoms with van der Waals surface area (Å²) in [5, 5.41) is 0.427. The normalized spacial score (nSPS) is 21.0. The first-order chi connectivity index (χ1) is 7.09. The molecule has 1 aromatic carbocycles. The van der Waals surface area contributed by atoms with Gasteiger partial charge in [0.25, 0.3) is 0 Å². The number of hydrogen-bond donors (Lipinski definition) is 0. The monoisotopic (exact) mass is 284 g/mol. The maximum atomic E-state index is 12.0. The molecule has 1 aliphatic rings. The molecule has 3 heteroatoms. The first kappa shape index (κ1) is 11.2. The van der Waals surface area contributed by atoms with Crippen LogP contribution in [-0.4, -0.2) is 11.0 Å². The Labute approximate surface area is 103 Å². The Balaban J connectivity index is 2.57. The topological polar surface area (TPSA) is 17.1 Å². The Bertz CT molecular complexity index is 414. The molecule has 1 aromatic rings. The van der Waals surface area contributed by atoms with E-state index < -0.39 is 0 Å². The standard InChI is InChI=1S/C12H13BrOS/c1-7-3-4-10(13)12-9(7)6-15-8(2)5-11(12)14/h3-4,8H,5-6H2,1-2H3. The molecular weight excluding hydrogens is 272 g/mol. The van der Waals surface area contributed by atoms with E-state index in [0.29, 0.717) is 11.7 Å². The molecule has 0 aliphatic carbocycles. The number of thioether (sulfide) groups is 1. The van der Waals surface area contributed by atoms with Crippen LogP contribution in [0.2, 0.25) is 0 Å². The number of halogens is 1. The number of rotatable bonds is 0. The van der Waals surface area contributed by atoms with Gasteiger partial charge in [0.2, 0.25) is 0 Å². The minimum atomic E-state index is 0.276. The zero-order chi connectivity index (χ0) is 11.0. The van der Waals surface area contributed by atoms with Crippen LogP contribution >= 0.6 is 27.7 Å². The van der Waals surface area contributed by atoms with Crippen LogP contribution in [0.5, 0.6) is 0 Å². The molecule has 1 unspecified atom stereocenters. The van der Waals surface area contributed by atoms with Gasteiger partial charge >= 0.3 is 0 Å². The number of fused-ring (bicyclic) bond motifs is 1. The van der Waals surface area contributed by atoms with Crippen molar-refractivity contribution in [1.82, 2.24) is 0 Å². The molecule has 0 radical (unpaired) electrons. The van der Waals surface area contributed by atoms with Gasteiger partial charge in [0.05, 0.1) is 0 Å². The third-order valence-electron chi connectivity index (χ3n) is 2.76. The molecule has 1 atom stereocenters. The molecule has 1 nitrogen and oxygen atoms in total. The van der Waals surface area contributed by atoms with Crippen LogP contribution in [0, 0.1) is 6.92 Å². The van der Waals surface area contributed by atoms with Crippen molar-refractivity contribution in [2.24, 2.45) is 0 Å². The van der Waals surface area contributed by atoms with Gasteiger partial charge in [-0.25, -0.2) is 0 Å². The number of carbonyl (C=O) groups is 1. The van der Waals surface area contributed by atoms with E-state index in [0.717, 1.165) is 15.8 Å². The lowest BCUT2D eigenvalue weighted by molar-refractivity contribution is 0.0983. The van der Waals surface area contributed by atoms with E-state index in [1.54, 1.807) is 0 Å². The molecule has 2 rings (SSSR count). The minimum absolute atomic E-state index is 0.276. The molecule has 0 saturated carbocycles. The summed E-state index contributed by atoms with van der Waals surface area (Å²) in [6.45, 7) is 4.20. The summed E-state index contributed by atoms with van der Waals surface area (Å²) in [6.07, 6.45) is 0.652. The summed E-state index contributed by atoms with van der Waals surface area (Å²) in [5.41, 5.74) is 3.35. The van der Waals surface area contributed by atoms with Crippen LogP contribution in [0.25, 0.3) is 0 Å². The fraction of sp³-hybridized carbons (Fsp3) is 0.417. The SMILES string of the molecule is Cc1ccc(Br)c2c1CSC(C)CC2=O. The highest BCUT2D eigenvalue weighted by molar-refractivity contribution is 9.10. The van der Waals surface area contributed by atoms with Gasteiger partial charge in [0, 0.05) is 27.5 Å². The molecule has 15 heavy (non-hydrogen) atoms. The number of Topliss-reactive ketones (excluding diaryl/α,β-unsaturated/α-hetero) is 1. The first-order valence-electron chi connectivity index (χ1n) is 5.02. The number of ketones is 1. The first-order valence-corrected chi connectivity index (χ1v) is 6.86. The number of hydrogen-bond acceptors (Lipinski definition) is 2. The summed E-state index contributed by atoms with van der Waals surface area (Å²) >= 11 is 5.35. The Morgan fingerprint density at radius 2 is 2.20 bits per heavy atom. The van der Waals surface area contributed by atoms with Gasteiger partial charge in [-0.3, -0.25) is 4.79 Å². The second kappa shape index (κ2) is 4.30. The van der Waals surface area contributed by atoms with E-state index >= 15 is 0 Å². The van der Waals surface area contributed by atoms with Crippen molar-refractivity contribution >= 4 is 33.5 Å². The lowest BCUT2D eigenvalue weighted by atomic mass is 9.98. The van der Waals surface area contributed by atoms with Crippen molar-refractivity contribution in [3.63, 3.8) is 0 Å². The Kier molecular flexibility index (Phi) is 3.21. The highest BCUT2D eigenvalue weighted by Crippen LogP contribution is 2.34. The van der Waals surface area contributed by atoms with Crippen molar-refractivity contribution in [1.29, 1.82) is 0 Å². The number of aryl methyl sites for hydroxylation is 1. The third kappa shape index (κ3) is 2.13. The van der Waals surface area contributed by atoms with E-state index in [4.69, 9.17) is 0 Å². The summed E-state index contributed by atoms with van der Waals surface area (Å²) in [4.78, 5) is 12.0. The highest BCUT2D eigenvalue weighted by Gasteiger charge is 2.23. The van der Waals surface area contributed by atoms with Gasteiger partial charge < -0.3 is 0 Å². The molecule has 80 valence electrons. The predicted octanol–water partition coefficient (Wildman–Crippen LogP) is 3.97. The van der Waals surface area contributed by atoms with Crippen LogP contribution in [0.15, 0.2) is 16.6 Å². The zero-order valence-corrected chi connectivity index (χ0v) is 11.2. The van der Waals surface area contributed by atoms with Crippen molar-refractivity contribution in [3.8, 4) is 0 Å². The maximum absolute atomic E-state index is 12.0. The molecule has 0 amide bonds. The van der Waals surface area contributed by atoms with Gasteiger partial charge in [0.15, 0.2) is 5.78 Å². The third-order valence-corrected chi connectivity index (χ3v) is 4.61. The Morgan fingerprint density at radius 3 is 2.93 bits per heavy atom. The van der Waals surface area contributed by atoms with Crippen LogP contribution in [0.1, 0.15) is 34.8 Å². The molecule has 0 aromatic heterocycles. The molecule has 1 heterocycles. The van der Waals surface area contributed by atoms with Gasteiger partial charge in [-0.2, -0.15) is 11.8 Å². The lowest BCUT2D eigenvalue weighted by Crippen LogP contribution is -2.06. The second-order valence-corrected chi connectivity index (χ2v) is 6.25. The second-order valence-electron chi connectivity index (χ2n) is 3.97. The van der Waals surface area contributed by atoms with Gasteiger partial charge in [-0.15, -0.1) is 0 Å². The average Bonchev–Trinajstić information content (AvgIpc) is 2.32. The smallest absolute Gasteiger partial charge is 0.165 e. The minimum Gasteiger partial charge on any atom is -0.294 e. The molecular formula is C12H13BrOS. The van der Waals surface area contributed by atoms with Gasteiger partial charge in [-0.1, -0.05) is 28.9 Å². The van der Waals surface area contributed by atoms with E-state index in [1.165, 1.54) is 11.1 Å². The summed E-state index contributed by atoms with van der Waals surface area (Å²) in [5.74, 6) is 1.23. The van der Waals surface area contributed by atoms with E-state index in [-0.39, 0.29) is 5.78 Å². The van der Waals surface area contributed by atoms with Crippen molar-refractivity contribution < 1.29 is 4.79 Å². The fourth-order valence-corrected chi connectivity index (χ4v) is 3.54. The zero-order valence-electron chi connectivity index (χ0n) is 8.84. The van der Waals surface area contributed by atoms with E-state index in [9.17, 15) is 4.79 Å². The predicted molar refractivity (Wildman–Crippen MR) is 68.6 cm³/mol. The Morgan fingerprint density at radius 1 is 1.47 bits per heavy atom. The maximum Gasteiger partial charge on any atom is 0.165 e. The Hall–Kier alpha value is -0.280. The van der Waals surface area contributed by atoms with Crippen LogP contribution in [0.3, 0.4) is 0 Å². The molecule has 0 fully saturated rings. The van der Waals surface area contributed by atoms with Crippen LogP contribution in [0.4, 0.5) is 0 Å². The van der Waals surface area contributed by atoms with E-state index in [1.807, 2.05) is 17.8 Å². The van der Waals surface area contributed by atoms with Gasteiger partial charge in [-0.05, 0) is 24.1 Å².